The molecule has 0 fully saturated rings. The zero-order valence-electron chi connectivity index (χ0n) is 19.1. The molecule has 9 heteroatoms. The van der Waals surface area contributed by atoms with Crippen LogP contribution in [0.25, 0.3) is 5.76 Å². The van der Waals surface area contributed by atoms with Crippen LogP contribution < -0.4 is 18.9 Å². The van der Waals surface area contributed by atoms with Crippen LogP contribution in [0.5, 0.6) is 28.7 Å². The maximum atomic E-state index is 12.3. The molecular formula is C24H29NO8. The van der Waals surface area contributed by atoms with E-state index in [0.29, 0.717) is 47.7 Å². The van der Waals surface area contributed by atoms with Gasteiger partial charge in [0.1, 0.15) is 22.9 Å². The van der Waals surface area contributed by atoms with E-state index in [2.05, 4.69) is 0 Å². The minimum atomic E-state index is -1.86. The van der Waals surface area contributed by atoms with Crippen molar-refractivity contribution < 1.29 is 39.2 Å². The van der Waals surface area contributed by atoms with E-state index < -0.39 is 17.9 Å². The van der Waals surface area contributed by atoms with Crippen LogP contribution in [0.1, 0.15) is 38.3 Å². The second-order valence-electron chi connectivity index (χ2n) is 7.41. The lowest BCUT2D eigenvalue weighted by molar-refractivity contribution is -0.163. The van der Waals surface area contributed by atoms with Gasteiger partial charge in [0.15, 0.2) is 11.5 Å². The summed E-state index contributed by atoms with van der Waals surface area (Å²) in [5, 5.41) is 31.4. The molecule has 1 atom stereocenters. The van der Waals surface area contributed by atoms with Crippen LogP contribution in [0.2, 0.25) is 0 Å². The third kappa shape index (κ3) is 5.15. The van der Waals surface area contributed by atoms with Gasteiger partial charge < -0.3 is 29.2 Å². The molecule has 0 aromatic heterocycles. The van der Waals surface area contributed by atoms with Gasteiger partial charge in [0.05, 0.1) is 26.2 Å². The third-order valence-electron chi connectivity index (χ3n) is 4.99. The molecule has 2 aromatic rings. The van der Waals surface area contributed by atoms with Crippen molar-refractivity contribution in [3.8, 4) is 28.7 Å². The lowest BCUT2D eigenvalue weighted by Gasteiger charge is -2.33. The van der Waals surface area contributed by atoms with Gasteiger partial charge in [-0.25, -0.2) is 5.06 Å². The fourth-order valence-electron chi connectivity index (χ4n) is 3.55. The smallest absolute Gasteiger partial charge is 0.249 e. The quantitative estimate of drug-likeness (QED) is 0.386. The Hall–Kier alpha value is -3.43. The van der Waals surface area contributed by atoms with E-state index in [1.54, 1.807) is 12.1 Å². The monoisotopic (exact) mass is 459 g/mol. The Balaban J connectivity index is 2.16. The highest BCUT2D eigenvalue weighted by atomic mass is 16.5. The number of phenolic OH excluding ortho intramolecular Hbond substituents is 1. The summed E-state index contributed by atoms with van der Waals surface area (Å²) in [6.07, 6.45) is 0.897. The van der Waals surface area contributed by atoms with Crippen LogP contribution in [0.15, 0.2) is 36.4 Å². The highest BCUT2D eigenvalue weighted by Gasteiger charge is 2.39. The largest absolute Gasteiger partial charge is 0.508 e. The Bertz CT molecular complexity index is 1020. The van der Waals surface area contributed by atoms with Crippen molar-refractivity contribution >= 4 is 11.7 Å². The zero-order chi connectivity index (χ0) is 24.2. The molecule has 33 heavy (non-hydrogen) atoms. The van der Waals surface area contributed by atoms with E-state index in [0.717, 1.165) is 0 Å². The van der Waals surface area contributed by atoms with Crippen LogP contribution in [0.3, 0.4) is 0 Å². The van der Waals surface area contributed by atoms with Crippen LogP contribution in [-0.2, 0) is 10.4 Å². The van der Waals surface area contributed by atoms with Crippen molar-refractivity contribution in [3.05, 3.63) is 47.5 Å². The SMILES string of the molecule is CCOc1cc(C2=CC(O)(CC(=O)N(C)O)c3cc(O)ccc3O2)cc(OCC)c1OCC. The molecule has 3 rings (SSSR count). The Morgan fingerprint density at radius 3 is 2.18 bits per heavy atom. The Morgan fingerprint density at radius 1 is 1.03 bits per heavy atom. The van der Waals surface area contributed by atoms with Gasteiger partial charge in [-0.2, -0.15) is 0 Å². The van der Waals surface area contributed by atoms with Crippen LogP contribution >= 0.6 is 0 Å². The van der Waals surface area contributed by atoms with Gasteiger partial charge in [-0.1, -0.05) is 0 Å². The molecule has 1 aliphatic rings. The molecule has 2 aromatic carbocycles. The van der Waals surface area contributed by atoms with Crippen molar-refractivity contribution in [2.24, 2.45) is 0 Å². The first-order valence-electron chi connectivity index (χ1n) is 10.7. The number of carbonyl (C=O) groups excluding carboxylic acids is 1. The lowest BCUT2D eigenvalue weighted by Crippen LogP contribution is -2.35. The van der Waals surface area contributed by atoms with Crippen molar-refractivity contribution in [2.45, 2.75) is 32.8 Å². The molecular weight excluding hydrogens is 430 g/mol. The number of fused-ring (bicyclic) bond motifs is 1. The van der Waals surface area contributed by atoms with Crippen LogP contribution in [0, 0.1) is 0 Å². The summed E-state index contributed by atoms with van der Waals surface area (Å²) in [7, 11) is 1.17. The molecule has 0 radical (unpaired) electrons. The number of aromatic hydroxyl groups is 1. The van der Waals surface area contributed by atoms with Gasteiger partial charge in [0, 0.05) is 18.2 Å². The summed E-state index contributed by atoms with van der Waals surface area (Å²) in [4.78, 5) is 12.3. The van der Waals surface area contributed by atoms with Gasteiger partial charge in [-0.3, -0.25) is 10.0 Å². The molecule has 0 spiro atoms. The van der Waals surface area contributed by atoms with Gasteiger partial charge in [-0.05, 0) is 57.2 Å². The van der Waals surface area contributed by atoms with E-state index >= 15 is 0 Å². The number of nitrogens with zero attached hydrogens (tertiary/aromatic N) is 1. The average Bonchev–Trinajstić information content (AvgIpc) is 2.76. The van der Waals surface area contributed by atoms with Crippen molar-refractivity contribution in [1.29, 1.82) is 0 Å². The van der Waals surface area contributed by atoms with E-state index in [9.17, 15) is 20.2 Å². The number of hydroxylamine groups is 2. The third-order valence-corrected chi connectivity index (χ3v) is 4.99. The molecule has 0 saturated carbocycles. The second-order valence-corrected chi connectivity index (χ2v) is 7.41. The zero-order valence-corrected chi connectivity index (χ0v) is 19.1. The normalized spacial score (nSPS) is 16.8. The van der Waals surface area contributed by atoms with Gasteiger partial charge >= 0.3 is 0 Å². The van der Waals surface area contributed by atoms with Crippen LogP contribution in [0.4, 0.5) is 0 Å². The summed E-state index contributed by atoms with van der Waals surface area (Å²) < 4.78 is 23.3. The van der Waals surface area contributed by atoms with Gasteiger partial charge in [0.25, 0.3) is 0 Å². The van der Waals surface area contributed by atoms with Crippen molar-refractivity contribution in [3.63, 3.8) is 0 Å². The highest BCUT2D eigenvalue weighted by molar-refractivity contribution is 5.79. The molecule has 1 heterocycles. The molecule has 0 bridgehead atoms. The number of rotatable bonds is 9. The van der Waals surface area contributed by atoms with Crippen molar-refractivity contribution in [1.82, 2.24) is 5.06 Å². The molecule has 0 saturated heterocycles. The molecule has 1 aliphatic heterocycles. The number of benzene rings is 2. The first-order valence-corrected chi connectivity index (χ1v) is 10.7. The Kier molecular flexibility index (Phi) is 7.35. The Morgan fingerprint density at radius 2 is 1.64 bits per heavy atom. The van der Waals surface area contributed by atoms with E-state index in [-0.39, 0.29) is 22.8 Å². The number of amides is 1. The first-order chi connectivity index (χ1) is 15.7. The standard InChI is InChI=1S/C24H29NO8/c1-5-30-19-10-15(11-20(31-6-2)23(19)32-7-3)21-13-24(28,14-22(27)25(4)29)17-12-16(26)8-9-18(17)33-21/h8-13,26,28-29H,5-7,14H2,1-4H3. The summed E-state index contributed by atoms with van der Waals surface area (Å²) in [6.45, 7) is 6.73. The summed E-state index contributed by atoms with van der Waals surface area (Å²) in [5.74, 6) is 1.02. The fourth-order valence-corrected chi connectivity index (χ4v) is 3.55. The molecule has 3 N–H and O–H groups in total. The Labute approximate surface area is 192 Å². The molecule has 1 unspecified atom stereocenters. The maximum absolute atomic E-state index is 12.3. The predicted molar refractivity (Wildman–Crippen MR) is 120 cm³/mol. The molecule has 0 aliphatic carbocycles. The van der Waals surface area contributed by atoms with E-state index in [1.807, 2.05) is 20.8 Å². The number of hydrogen-bond donors (Lipinski definition) is 3. The maximum Gasteiger partial charge on any atom is 0.249 e. The minimum absolute atomic E-state index is 0.101. The summed E-state index contributed by atoms with van der Waals surface area (Å²) >= 11 is 0. The van der Waals surface area contributed by atoms with Crippen LogP contribution in [-0.4, -0.2) is 53.3 Å². The highest BCUT2D eigenvalue weighted by Crippen LogP contribution is 2.46. The summed E-state index contributed by atoms with van der Waals surface area (Å²) in [6, 6.07) is 7.64. The fraction of sp³-hybridized carbons (Fsp3) is 0.375. The number of phenols is 1. The van der Waals surface area contributed by atoms with E-state index in [1.165, 1.54) is 31.3 Å². The second kappa shape index (κ2) is 10.0. The number of hydrogen-bond acceptors (Lipinski definition) is 8. The predicted octanol–water partition coefficient (Wildman–Crippen LogP) is 3.45. The van der Waals surface area contributed by atoms with Gasteiger partial charge in [0.2, 0.25) is 11.7 Å². The molecule has 178 valence electrons. The number of ether oxygens (including phenoxy) is 4. The van der Waals surface area contributed by atoms with Gasteiger partial charge in [-0.15, -0.1) is 0 Å². The number of aliphatic hydroxyl groups is 1. The minimum Gasteiger partial charge on any atom is -0.508 e. The molecule has 9 nitrogen and oxygen atoms in total. The number of carbonyl (C=O) groups is 1. The topological polar surface area (TPSA) is 118 Å². The lowest BCUT2D eigenvalue weighted by atomic mass is 9.86. The first kappa shape index (κ1) is 24.2. The van der Waals surface area contributed by atoms with E-state index in [4.69, 9.17) is 18.9 Å². The average molecular weight is 459 g/mol. The van der Waals surface area contributed by atoms with Crippen molar-refractivity contribution in [2.75, 3.05) is 26.9 Å². The molecule has 1 amide bonds. The summed E-state index contributed by atoms with van der Waals surface area (Å²) in [5.41, 5.74) is -1.14.